The quantitative estimate of drug-likeness (QED) is 0.433. The van der Waals surface area contributed by atoms with Crippen LogP contribution >= 0.6 is 0 Å². The second-order valence-electron chi connectivity index (χ2n) is 3.50. The van der Waals surface area contributed by atoms with Crippen molar-refractivity contribution in [3.8, 4) is 0 Å². The van der Waals surface area contributed by atoms with E-state index in [1.165, 1.54) is 5.57 Å². The van der Waals surface area contributed by atoms with Crippen LogP contribution < -0.4 is 0 Å². The molecule has 0 spiro atoms. The van der Waals surface area contributed by atoms with Gasteiger partial charge in [-0.05, 0) is 43.4 Å². The fraction of sp³-hybridized carbons (Fsp3) is 0.583. The van der Waals surface area contributed by atoms with Gasteiger partial charge >= 0.3 is 0 Å². The van der Waals surface area contributed by atoms with Crippen LogP contribution in [0.1, 0.15) is 40.5 Å². The molecule has 0 rings (SSSR count). The van der Waals surface area contributed by atoms with Crippen molar-refractivity contribution >= 4 is 0 Å². The van der Waals surface area contributed by atoms with E-state index in [2.05, 4.69) is 39.5 Å². The largest absolute Gasteiger partial charge is 0.125 e. The molecule has 0 aromatic carbocycles. The Labute approximate surface area is 76.7 Å². The highest BCUT2D eigenvalue weighted by Gasteiger charge is 1.88. The van der Waals surface area contributed by atoms with Crippen molar-refractivity contribution < 1.29 is 0 Å². The van der Waals surface area contributed by atoms with Gasteiger partial charge in [0.2, 0.25) is 0 Å². The summed E-state index contributed by atoms with van der Waals surface area (Å²) < 4.78 is 0. The highest BCUT2D eigenvalue weighted by atomic mass is 13.9. The van der Waals surface area contributed by atoms with Crippen LogP contribution in [-0.4, -0.2) is 0 Å². The molecule has 0 nitrogen and oxygen atoms in total. The van der Waals surface area contributed by atoms with E-state index in [1.54, 1.807) is 0 Å². The molecular formula is C12H20. The summed E-state index contributed by atoms with van der Waals surface area (Å²) in [5, 5.41) is 0. The topological polar surface area (TPSA) is 0 Å². The van der Waals surface area contributed by atoms with E-state index in [-0.39, 0.29) is 0 Å². The lowest BCUT2D eigenvalue weighted by atomic mass is 10.1. The van der Waals surface area contributed by atoms with Crippen LogP contribution in [0, 0.1) is 5.92 Å². The lowest BCUT2D eigenvalue weighted by Gasteiger charge is -1.97. The van der Waals surface area contributed by atoms with Gasteiger partial charge in [0.15, 0.2) is 0 Å². The smallest absolute Gasteiger partial charge is 0.0177 e. The molecule has 0 unspecified atom stereocenters. The van der Waals surface area contributed by atoms with Crippen molar-refractivity contribution in [2.75, 3.05) is 0 Å². The Bertz CT molecular complexity index is 188. The zero-order valence-corrected chi connectivity index (χ0v) is 8.72. The van der Waals surface area contributed by atoms with Crippen LogP contribution in [0.5, 0.6) is 0 Å². The fourth-order valence-electron chi connectivity index (χ4n) is 0.789. The van der Waals surface area contributed by atoms with E-state index in [0.717, 1.165) is 18.8 Å². The van der Waals surface area contributed by atoms with Gasteiger partial charge in [0.25, 0.3) is 0 Å². The average molecular weight is 164 g/mol. The molecule has 0 N–H and O–H groups in total. The van der Waals surface area contributed by atoms with Gasteiger partial charge in [0, 0.05) is 0 Å². The molecule has 0 atom stereocenters. The molecule has 0 aliphatic carbocycles. The van der Waals surface area contributed by atoms with Gasteiger partial charge in [-0.2, -0.15) is 0 Å². The highest BCUT2D eigenvalue weighted by Crippen LogP contribution is 2.04. The third-order valence-electron chi connectivity index (χ3n) is 1.54. The average Bonchev–Trinajstić information content (AvgIpc) is 2.01. The molecule has 0 heteroatoms. The van der Waals surface area contributed by atoms with E-state index in [0.29, 0.717) is 0 Å². The second-order valence-corrected chi connectivity index (χ2v) is 3.50. The van der Waals surface area contributed by atoms with Gasteiger partial charge < -0.3 is 0 Å². The van der Waals surface area contributed by atoms with Gasteiger partial charge in [-0.1, -0.05) is 26.8 Å². The predicted molar refractivity (Wildman–Crippen MR) is 56.2 cm³/mol. The Balaban J connectivity index is 3.93. The maximum atomic E-state index is 3.14. The third-order valence-corrected chi connectivity index (χ3v) is 1.54. The van der Waals surface area contributed by atoms with Crippen molar-refractivity contribution in [1.29, 1.82) is 0 Å². The molecule has 0 aliphatic heterocycles. The Morgan fingerprint density at radius 2 is 2.08 bits per heavy atom. The molecule has 68 valence electrons. The first-order valence-corrected chi connectivity index (χ1v) is 4.74. The normalized spacial score (nSPS) is 11.2. The number of hydrogen-bond acceptors (Lipinski definition) is 0. The molecule has 0 radical (unpaired) electrons. The summed E-state index contributed by atoms with van der Waals surface area (Å²) in [6.45, 7) is 8.71. The molecule has 0 amide bonds. The standard InChI is InChI=1S/C12H20/c1-5-6-7-8-12(4)10-9-11(2)3/h6,8,10-11H,5,9H2,1-4H3. The molecule has 0 saturated heterocycles. The Hall–Kier alpha value is -0.740. The molecule has 0 aromatic rings. The van der Waals surface area contributed by atoms with Crippen molar-refractivity contribution in [3.63, 3.8) is 0 Å². The van der Waals surface area contributed by atoms with Crippen LogP contribution in [0.4, 0.5) is 0 Å². The Kier molecular flexibility index (Phi) is 6.51. The van der Waals surface area contributed by atoms with Crippen LogP contribution in [0.2, 0.25) is 0 Å². The van der Waals surface area contributed by atoms with Gasteiger partial charge in [0.1, 0.15) is 0 Å². The number of allylic oxidation sites excluding steroid dienone is 3. The van der Waals surface area contributed by atoms with Gasteiger partial charge in [-0.3, -0.25) is 0 Å². The summed E-state index contributed by atoms with van der Waals surface area (Å²) in [6, 6.07) is 0. The number of rotatable bonds is 4. The van der Waals surface area contributed by atoms with Gasteiger partial charge in [-0.15, -0.1) is 5.73 Å². The lowest BCUT2D eigenvalue weighted by Crippen LogP contribution is -1.82. The molecule has 0 fully saturated rings. The molecule has 0 saturated carbocycles. The first-order chi connectivity index (χ1) is 5.66. The van der Waals surface area contributed by atoms with E-state index < -0.39 is 0 Å². The maximum absolute atomic E-state index is 3.14. The van der Waals surface area contributed by atoms with E-state index in [1.807, 2.05) is 12.2 Å². The summed E-state index contributed by atoms with van der Waals surface area (Å²) in [4.78, 5) is 0. The minimum absolute atomic E-state index is 0.753. The van der Waals surface area contributed by atoms with Gasteiger partial charge in [-0.25, -0.2) is 0 Å². The molecule has 12 heavy (non-hydrogen) atoms. The SMILES string of the molecule is CCC=C=CC(C)=CCC(C)C. The Morgan fingerprint density at radius 1 is 1.42 bits per heavy atom. The molecular weight excluding hydrogens is 144 g/mol. The molecule has 0 aliphatic rings. The van der Waals surface area contributed by atoms with Crippen LogP contribution in [-0.2, 0) is 0 Å². The van der Waals surface area contributed by atoms with Crippen molar-refractivity contribution in [2.24, 2.45) is 5.92 Å². The summed E-state index contributed by atoms with van der Waals surface area (Å²) in [6.07, 6.45) is 8.59. The van der Waals surface area contributed by atoms with Crippen LogP contribution in [0.25, 0.3) is 0 Å². The van der Waals surface area contributed by atoms with Crippen LogP contribution in [0.3, 0.4) is 0 Å². The van der Waals surface area contributed by atoms with E-state index in [4.69, 9.17) is 0 Å². The van der Waals surface area contributed by atoms with Crippen LogP contribution in [0.15, 0.2) is 29.5 Å². The second kappa shape index (κ2) is 6.94. The maximum Gasteiger partial charge on any atom is -0.0177 e. The fourth-order valence-corrected chi connectivity index (χ4v) is 0.789. The summed E-state index contributed by atoms with van der Waals surface area (Å²) in [7, 11) is 0. The van der Waals surface area contributed by atoms with Gasteiger partial charge in [0.05, 0.1) is 0 Å². The summed E-state index contributed by atoms with van der Waals surface area (Å²) in [5.41, 5.74) is 4.45. The molecule has 0 heterocycles. The van der Waals surface area contributed by atoms with Crippen molar-refractivity contribution in [2.45, 2.75) is 40.5 Å². The van der Waals surface area contributed by atoms with E-state index >= 15 is 0 Å². The van der Waals surface area contributed by atoms with E-state index in [9.17, 15) is 0 Å². The zero-order chi connectivity index (χ0) is 9.40. The monoisotopic (exact) mass is 164 g/mol. The zero-order valence-electron chi connectivity index (χ0n) is 8.72. The predicted octanol–water partition coefficient (Wildman–Crippen LogP) is 4.10. The first-order valence-electron chi connectivity index (χ1n) is 4.74. The summed E-state index contributed by atoms with van der Waals surface area (Å²) >= 11 is 0. The number of hydrogen-bond donors (Lipinski definition) is 0. The third kappa shape index (κ3) is 7.37. The van der Waals surface area contributed by atoms with Crippen molar-refractivity contribution in [1.82, 2.24) is 0 Å². The first kappa shape index (κ1) is 11.3. The minimum Gasteiger partial charge on any atom is -0.125 e. The molecule has 0 bridgehead atoms. The molecule has 0 aromatic heterocycles. The Morgan fingerprint density at radius 3 is 2.58 bits per heavy atom. The minimum atomic E-state index is 0.753. The lowest BCUT2D eigenvalue weighted by molar-refractivity contribution is 0.662. The highest BCUT2D eigenvalue weighted by molar-refractivity contribution is 5.15. The summed E-state index contributed by atoms with van der Waals surface area (Å²) in [5.74, 6) is 0.753. The van der Waals surface area contributed by atoms with Crippen molar-refractivity contribution in [3.05, 3.63) is 29.5 Å².